The Labute approximate surface area is 122 Å². The highest BCUT2D eigenvalue weighted by Crippen LogP contribution is 2.28. The molecule has 1 unspecified atom stereocenters. The highest BCUT2D eigenvalue weighted by molar-refractivity contribution is 9.10. The van der Waals surface area contributed by atoms with Crippen LogP contribution in [0.1, 0.15) is 41.8 Å². The number of nitrogens with two attached hydrogens (primary N) is 1. The fraction of sp³-hybridized carbons (Fsp3) is 0.400. The molecule has 1 heterocycles. The van der Waals surface area contributed by atoms with Crippen LogP contribution < -0.4 is 5.73 Å². The molecule has 19 heavy (non-hydrogen) atoms. The highest BCUT2D eigenvalue weighted by atomic mass is 79.9. The lowest BCUT2D eigenvalue weighted by Gasteiger charge is -2.16. The number of nitrogens with zero attached hydrogens (tertiary/aromatic N) is 2. The predicted octanol–water partition coefficient (Wildman–Crippen LogP) is 3.72. The molecular weight excluding hydrogens is 302 g/mol. The van der Waals surface area contributed by atoms with Gasteiger partial charge in [-0.15, -0.1) is 0 Å². The smallest absolute Gasteiger partial charge is 0.0738 e. The molecule has 0 radical (unpaired) electrons. The normalized spacial score (nSPS) is 12.7. The van der Waals surface area contributed by atoms with Crippen LogP contribution in [0.3, 0.4) is 0 Å². The monoisotopic (exact) mass is 321 g/mol. The van der Waals surface area contributed by atoms with Crippen LogP contribution in [0, 0.1) is 13.8 Å². The topological polar surface area (TPSA) is 43.8 Å². The van der Waals surface area contributed by atoms with Crippen molar-refractivity contribution in [3.63, 3.8) is 0 Å². The van der Waals surface area contributed by atoms with Gasteiger partial charge >= 0.3 is 0 Å². The van der Waals surface area contributed by atoms with Gasteiger partial charge in [0.15, 0.2) is 0 Å². The SMILES string of the molecule is CCCn1ncc(Br)c1C(N)c1cc(C)cc(C)c1. The Morgan fingerprint density at radius 2 is 1.89 bits per heavy atom. The van der Waals surface area contributed by atoms with E-state index in [2.05, 4.69) is 60.0 Å². The molecule has 4 heteroatoms. The van der Waals surface area contributed by atoms with E-state index in [1.807, 2.05) is 10.9 Å². The largest absolute Gasteiger partial charge is 0.319 e. The van der Waals surface area contributed by atoms with Crippen LogP contribution in [-0.4, -0.2) is 9.78 Å². The summed E-state index contributed by atoms with van der Waals surface area (Å²) in [7, 11) is 0. The van der Waals surface area contributed by atoms with E-state index in [0.717, 1.165) is 28.7 Å². The van der Waals surface area contributed by atoms with Crippen molar-refractivity contribution >= 4 is 15.9 Å². The van der Waals surface area contributed by atoms with Crippen LogP contribution in [0.15, 0.2) is 28.9 Å². The Hall–Kier alpha value is -1.13. The van der Waals surface area contributed by atoms with Gasteiger partial charge in [0.25, 0.3) is 0 Å². The van der Waals surface area contributed by atoms with Crippen molar-refractivity contribution < 1.29 is 0 Å². The zero-order valence-corrected chi connectivity index (χ0v) is 13.2. The van der Waals surface area contributed by atoms with E-state index in [9.17, 15) is 0 Å². The van der Waals surface area contributed by atoms with Crippen LogP contribution in [0.5, 0.6) is 0 Å². The third-order valence-corrected chi connectivity index (χ3v) is 3.78. The predicted molar refractivity (Wildman–Crippen MR) is 82.2 cm³/mol. The van der Waals surface area contributed by atoms with Crippen LogP contribution in [0.4, 0.5) is 0 Å². The summed E-state index contributed by atoms with van der Waals surface area (Å²) >= 11 is 3.56. The van der Waals surface area contributed by atoms with Gasteiger partial charge in [-0.1, -0.05) is 36.2 Å². The summed E-state index contributed by atoms with van der Waals surface area (Å²) in [6, 6.07) is 6.30. The Balaban J connectivity index is 2.43. The molecule has 0 aliphatic carbocycles. The molecule has 0 aliphatic rings. The Morgan fingerprint density at radius 3 is 2.47 bits per heavy atom. The molecule has 1 aromatic carbocycles. The molecule has 0 aliphatic heterocycles. The molecular formula is C15H20BrN3. The molecule has 3 nitrogen and oxygen atoms in total. The molecule has 1 atom stereocenters. The summed E-state index contributed by atoms with van der Waals surface area (Å²) in [5.41, 5.74) is 11.1. The minimum absolute atomic E-state index is 0.151. The fourth-order valence-corrected chi connectivity index (χ4v) is 2.96. The molecule has 102 valence electrons. The first-order valence-electron chi connectivity index (χ1n) is 6.58. The number of rotatable bonds is 4. The molecule has 2 rings (SSSR count). The maximum atomic E-state index is 6.44. The first-order valence-corrected chi connectivity index (χ1v) is 7.37. The minimum atomic E-state index is -0.151. The first kappa shape index (κ1) is 14.3. The number of aromatic nitrogens is 2. The maximum Gasteiger partial charge on any atom is 0.0738 e. The number of hydrogen-bond acceptors (Lipinski definition) is 2. The van der Waals surface area contributed by atoms with Crippen molar-refractivity contribution in [2.45, 2.75) is 39.8 Å². The van der Waals surface area contributed by atoms with Gasteiger partial charge in [0.1, 0.15) is 0 Å². The molecule has 0 saturated heterocycles. The van der Waals surface area contributed by atoms with Crippen molar-refractivity contribution in [3.8, 4) is 0 Å². The Bertz CT molecular complexity index is 555. The Morgan fingerprint density at radius 1 is 1.26 bits per heavy atom. The summed E-state index contributed by atoms with van der Waals surface area (Å²) in [4.78, 5) is 0. The van der Waals surface area contributed by atoms with E-state index in [0.29, 0.717) is 0 Å². The summed E-state index contributed by atoms with van der Waals surface area (Å²) in [5, 5.41) is 4.39. The molecule has 0 bridgehead atoms. The van der Waals surface area contributed by atoms with Gasteiger partial charge in [0, 0.05) is 6.54 Å². The second kappa shape index (κ2) is 5.88. The quantitative estimate of drug-likeness (QED) is 0.932. The van der Waals surface area contributed by atoms with Gasteiger partial charge in [-0.2, -0.15) is 5.10 Å². The van der Waals surface area contributed by atoms with Crippen molar-refractivity contribution in [3.05, 3.63) is 51.3 Å². The van der Waals surface area contributed by atoms with E-state index in [1.165, 1.54) is 11.1 Å². The van der Waals surface area contributed by atoms with Gasteiger partial charge in [-0.25, -0.2) is 0 Å². The Kier molecular flexibility index (Phi) is 4.42. The minimum Gasteiger partial charge on any atom is -0.319 e. The first-order chi connectivity index (χ1) is 9.02. The molecule has 0 fully saturated rings. The van der Waals surface area contributed by atoms with Gasteiger partial charge < -0.3 is 5.73 Å². The van der Waals surface area contributed by atoms with Gasteiger partial charge in [-0.05, 0) is 41.8 Å². The molecule has 1 aromatic heterocycles. The number of halogens is 1. The zero-order chi connectivity index (χ0) is 14.0. The summed E-state index contributed by atoms with van der Waals surface area (Å²) < 4.78 is 2.97. The van der Waals surface area contributed by atoms with E-state index in [4.69, 9.17) is 5.73 Å². The van der Waals surface area contributed by atoms with E-state index in [-0.39, 0.29) is 6.04 Å². The lowest BCUT2D eigenvalue weighted by atomic mass is 10.00. The van der Waals surface area contributed by atoms with Crippen molar-refractivity contribution in [2.24, 2.45) is 5.73 Å². The van der Waals surface area contributed by atoms with E-state index < -0.39 is 0 Å². The van der Waals surface area contributed by atoms with E-state index >= 15 is 0 Å². The van der Waals surface area contributed by atoms with Crippen molar-refractivity contribution in [2.75, 3.05) is 0 Å². The lowest BCUT2D eigenvalue weighted by Crippen LogP contribution is -2.18. The standard InChI is InChI=1S/C15H20BrN3/c1-4-5-19-15(13(16)9-18-19)14(17)12-7-10(2)6-11(3)8-12/h6-9,14H,4-5,17H2,1-3H3. The third kappa shape index (κ3) is 3.07. The molecule has 0 amide bonds. The van der Waals surface area contributed by atoms with Gasteiger partial charge in [0.05, 0.1) is 22.4 Å². The van der Waals surface area contributed by atoms with Crippen LogP contribution in [0.2, 0.25) is 0 Å². The fourth-order valence-electron chi connectivity index (χ4n) is 2.42. The zero-order valence-electron chi connectivity index (χ0n) is 11.7. The van der Waals surface area contributed by atoms with Crippen molar-refractivity contribution in [1.29, 1.82) is 0 Å². The second-order valence-corrected chi connectivity index (χ2v) is 5.85. The summed E-state index contributed by atoms with van der Waals surface area (Å²) in [6.45, 7) is 7.23. The van der Waals surface area contributed by atoms with E-state index in [1.54, 1.807) is 0 Å². The third-order valence-electron chi connectivity index (χ3n) is 3.17. The molecule has 2 N–H and O–H groups in total. The van der Waals surface area contributed by atoms with Gasteiger partial charge in [-0.3, -0.25) is 4.68 Å². The van der Waals surface area contributed by atoms with Gasteiger partial charge in [0.2, 0.25) is 0 Å². The summed E-state index contributed by atoms with van der Waals surface area (Å²) in [6.07, 6.45) is 2.87. The molecule has 0 saturated carbocycles. The number of aryl methyl sites for hydroxylation is 3. The second-order valence-electron chi connectivity index (χ2n) is 5.00. The average Bonchev–Trinajstić information content (AvgIpc) is 2.69. The van der Waals surface area contributed by atoms with Crippen molar-refractivity contribution in [1.82, 2.24) is 9.78 Å². The van der Waals surface area contributed by atoms with Crippen LogP contribution in [-0.2, 0) is 6.54 Å². The molecule has 0 spiro atoms. The van der Waals surface area contributed by atoms with Crippen LogP contribution >= 0.6 is 15.9 Å². The highest BCUT2D eigenvalue weighted by Gasteiger charge is 2.18. The summed E-state index contributed by atoms with van der Waals surface area (Å²) in [5.74, 6) is 0. The number of hydrogen-bond donors (Lipinski definition) is 1. The number of benzene rings is 1. The molecule has 2 aromatic rings. The average molecular weight is 322 g/mol. The maximum absolute atomic E-state index is 6.44. The van der Waals surface area contributed by atoms with Crippen LogP contribution in [0.25, 0.3) is 0 Å². The lowest BCUT2D eigenvalue weighted by molar-refractivity contribution is 0.558.